The van der Waals surface area contributed by atoms with Gasteiger partial charge in [-0.25, -0.2) is 4.79 Å². The number of benzene rings is 1. The number of urea groups is 1. The van der Waals surface area contributed by atoms with Crippen molar-refractivity contribution < 1.29 is 9.59 Å². The second-order valence-electron chi connectivity index (χ2n) is 5.40. The molecule has 0 saturated heterocycles. The smallest absolute Gasteiger partial charge is 0.315 e. The molecule has 0 spiro atoms. The van der Waals surface area contributed by atoms with Crippen LogP contribution in [0, 0.1) is 0 Å². The number of rotatable bonds is 6. The van der Waals surface area contributed by atoms with Crippen molar-refractivity contribution >= 4 is 23.5 Å². The van der Waals surface area contributed by atoms with Crippen molar-refractivity contribution in [2.75, 3.05) is 6.54 Å². The Kier molecular flexibility index (Phi) is 5.44. The van der Waals surface area contributed by atoms with Crippen molar-refractivity contribution in [1.82, 2.24) is 16.0 Å². The standard InChI is InChI=1S/C15H20ClN3O2/c1-10(7-11-3-2-4-12(16)8-11)18-14(20)9-17-15(21)19-13-5-6-13/h2-4,8,10,13H,5-7,9H2,1H3,(H,18,20)(H2,17,19,21)/t10-/m1/s1. The first-order valence-electron chi connectivity index (χ1n) is 7.11. The first-order chi connectivity index (χ1) is 10.0. The Morgan fingerprint density at radius 3 is 2.81 bits per heavy atom. The monoisotopic (exact) mass is 309 g/mol. The molecule has 2 rings (SSSR count). The first kappa shape index (κ1) is 15.6. The lowest BCUT2D eigenvalue weighted by atomic mass is 10.1. The predicted molar refractivity (Wildman–Crippen MR) is 82.3 cm³/mol. The highest BCUT2D eigenvalue weighted by Gasteiger charge is 2.23. The average Bonchev–Trinajstić information content (AvgIpc) is 3.20. The van der Waals surface area contributed by atoms with Crippen molar-refractivity contribution in [2.24, 2.45) is 0 Å². The summed E-state index contributed by atoms with van der Waals surface area (Å²) < 4.78 is 0. The summed E-state index contributed by atoms with van der Waals surface area (Å²) in [5, 5.41) is 8.85. The largest absolute Gasteiger partial charge is 0.352 e. The van der Waals surface area contributed by atoms with Crippen LogP contribution in [0.25, 0.3) is 0 Å². The van der Waals surface area contributed by atoms with E-state index in [0.717, 1.165) is 18.4 Å². The zero-order valence-corrected chi connectivity index (χ0v) is 12.7. The summed E-state index contributed by atoms with van der Waals surface area (Å²) in [6, 6.07) is 7.53. The van der Waals surface area contributed by atoms with Crippen LogP contribution in [0.1, 0.15) is 25.3 Å². The molecule has 1 aromatic carbocycles. The third-order valence-corrected chi connectivity index (χ3v) is 3.40. The fourth-order valence-electron chi connectivity index (χ4n) is 2.02. The molecule has 0 unspecified atom stereocenters. The number of hydrogen-bond acceptors (Lipinski definition) is 2. The molecule has 1 fully saturated rings. The van der Waals surface area contributed by atoms with Gasteiger partial charge in [0.1, 0.15) is 0 Å². The Bertz CT molecular complexity index is 517. The van der Waals surface area contributed by atoms with Crippen molar-refractivity contribution in [1.29, 1.82) is 0 Å². The van der Waals surface area contributed by atoms with Gasteiger partial charge in [0.25, 0.3) is 0 Å². The summed E-state index contributed by atoms with van der Waals surface area (Å²) in [4.78, 5) is 23.1. The maximum Gasteiger partial charge on any atom is 0.315 e. The normalized spacial score (nSPS) is 15.1. The summed E-state index contributed by atoms with van der Waals surface area (Å²) in [5.74, 6) is -0.199. The number of hydrogen-bond donors (Lipinski definition) is 3. The third-order valence-electron chi connectivity index (χ3n) is 3.16. The number of amides is 3. The Labute approximate surface area is 129 Å². The quantitative estimate of drug-likeness (QED) is 0.750. The van der Waals surface area contributed by atoms with Crippen LogP contribution in [-0.4, -0.2) is 30.6 Å². The van der Waals surface area contributed by atoms with Crippen LogP contribution in [0.4, 0.5) is 4.79 Å². The van der Waals surface area contributed by atoms with Crippen molar-refractivity contribution in [3.8, 4) is 0 Å². The highest BCUT2D eigenvalue weighted by molar-refractivity contribution is 6.30. The summed E-state index contributed by atoms with van der Waals surface area (Å²) in [6.07, 6.45) is 2.74. The zero-order valence-electron chi connectivity index (χ0n) is 12.0. The van der Waals surface area contributed by atoms with E-state index in [0.29, 0.717) is 11.4 Å². The molecule has 3 amide bonds. The SMILES string of the molecule is C[C@H](Cc1cccc(Cl)c1)NC(=O)CNC(=O)NC1CC1. The lowest BCUT2D eigenvalue weighted by Gasteiger charge is -2.14. The maximum atomic E-state index is 11.7. The molecule has 0 bridgehead atoms. The second kappa shape index (κ2) is 7.31. The minimum atomic E-state index is -0.282. The molecule has 1 aliphatic rings. The van der Waals surface area contributed by atoms with Gasteiger partial charge in [-0.3, -0.25) is 4.79 Å². The summed E-state index contributed by atoms with van der Waals surface area (Å²) in [6.45, 7) is 1.90. The Morgan fingerprint density at radius 1 is 1.38 bits per heavy atom. The molecule has 1 aliphatic carbocycles. The van der Waals surface area contributed by atoms with Crippen LogP contribution in [0.5, 0.6) is 0 Å². The zero-order chi connectivity index (χ0) is 15.2. The minimum absolute atomic E-state index is 0.0154. The number of halogens is 1. The van der Waals surface area contributed by atoms with Crippen LogP contribution in [0.2, 0.25) is 5.02 Å². The molecule has 21 heavy (non-hydrogen) atoms. The summed E-state index contributed by atoms with van der Waals surface area (Å²) in [5.41, 5.74) is 1.06. The molecule has 5 nitrogen and oxygen atoms in total. The molecule has 114 valence electrons. The highest BCUT2D eigenvalue weighted by Crippen LogP contribution is 2.18. The van der Waals surface area contributed by atoms with Crippen molar-refractivity contribution in [3.63, 3.8) is 0 Å². The molecule has 0 radical (unpaired) electrons. The van der Waals surface area contributed by atoms with Gasteiger partial charge in [-0.05, 0) is 43.9 Å². The van der Waals surface area contributed by atoms with Crippen LogP contribution in [0.3, 0.4) is 0 Å². The van der Waals surface area contributed by atoms with Gasteiger partial charge < -0.3 is 16.0 Å². The maximum absolute atomic E-state index is 11.7. The molecule has 1 atom stereocenters. The van der Waals surface area contributed by atoms with Gasteiger partial charge >= 0.3 is 6.03 Å². The summed E-state index contributed by atoms with van der Waals surface area (Å²) >= 11 is 5.92. The molecular weight excluding hydrogens is 290 g/mol. The molecule has 0 aromatic heterocycles. The van der Waals surface area contributed by atoms with E-state index >= 15 is 0 Å². The molecule has 3 N–H and O–H groups in total. The average molecular weight is 310 g/mol. The van der Waals surface area contributed by atoms with Gasteiger partial charge in [0.05, 0.1) is 6.54 Å². The minimum Gasteiger partial charge on any atom is -0.352 e. The lowest BCUT2D eigenvalue weighted by Crippen LogP contribution is -2.45. The van der Waals surface area contributed by atoms with Gasteiger partial charge in [-0.15, -0.1) is 0 Å². The molecule has 0 aliphatic heterocycles. The van der Waals surface area contributed by atoms with E-state index in [1.54, 1.807) is 0 Å². The Hall–Kier alpha value is -1.75. The van der Waals surface area contributed by atoms with Crippen LogP contribution in [0.15, 0.2) is 24.3 Å². The van der Waals surface area contributed by atoms with E-state index in [-0.39, 0.29) is 30.6 Å². The van der Waals surface area contributed by atoms with Gasteiger partial charge in [0.15, 0.2) is 0 Å². The molecule has 6 heteroatoms. The van der Waals surface area contributed by atoms with E-state index in [2.05, 4.69) is 16.0 Å². The molecule has 1 aromatic rings. The Balaban J connectivity index is 1.67. The fraction of sp³-hybridized carbons (Fsp3) is 0.467. The van der Waals surface area contributed by atoms with Crippen LogP contribution >= 0.6 is 11.6 Å². The first-order valence-corrected chi connectivity index (χ1v) is 7.49. The third kappa shape index (κ3) is 6.04. The van der Waals surface area contributed by atoms with Gasteiger partial charge in [0.2, 0.25) is 5.91 Å². The van der Waals surface area contributed by atoms with Crippen LogP contribution < -0.4 is 16.0 Å². The predicted octanol–water partition coefficient (Wildman–Crippen LogP) is 1.85. The van der Waals surface area contributed by atoms with Crippen molar-refractivity contribution in [3.05, 3.63) is 34.9 Å². The summed E-state index contributed by atoms with van der Waals surface area (Å²) in [7, 11) is 0. The van der Waals surface area contributed by atoms with E-state index < -0.39 is 0 Å². The van der Waals surface area contributed by atoms with Crippen molar-refractivity contribution in [2.45, 2.75) is 38.3 Å². The molecular formula is C15H20ClN3O2. The van der Waals surface area contributed by atoms with E-state index in [4.69, 9.17) is 11.6 Å². The van der Waals surface area contributed by atoms with E-state index in [9.17, 15) is 9.59 Å². The number of nitrogens with one attached hydrogen (secondary N) is 3. The topological polar surface area (TPSA) is 70.2 Å². The van der Waals surface area contributed by atoms with Gasteiger partial charge in [-0.1, -0.05) is 23.7 Å². The molecule has 1 saturated carbocycles. The lowest BCUT2D eigenvalue weighted by molar-refractivity contribution is -0.120. The fourth-order valence-corrected chi connectivity index (χ4v) is 2.23. The Morgan fingerprint density at radius 2 is 2.14 bits per heavy atom. The van der Waals surface area contributed by atoms with E-state index in [1.807, 2.05) is 31.2 Å². The van der Waals surface area contributed by atoms with Gasteiger partial charge in [0, 0.05) is 17.1 Å². The van der Waals surface area contributed by atoms with E-state index in [1.165, 1.54) is 0 Å². The van der Waals surface area contributed by atoms with Crippen LogP contribution in [-0.2, 0) is 11.2 Å². The number of carbonyl (C=O) groups excluding carboxylic acids is 2. The molecule has 0 heterocycles. The van der Waals surface area contributed by atoms with Gasteiger partial charge in [-0.2, -0.15) is 0 Å². The highest BCUT2D eigenvalue weighted by atomic mass is 35.5. The number of carbonyl (C=O) groups is 2. The second-order valence-corrected chi connectivity index (χ2v) is 5.84.